The van der Waals surface area contributed by atoms with E-state index in [1.165, 1.54) is 20.2 Å². The highest BCUT2D eigenvalue weighted by Crippen LogP contribution is 2.34. The maximum atomic E-state index is 11.1. The molecule has 0 fully saturated rings. The number of nitro groups is 1. The van der Waals surface area contributed by atoms with Crippen LogP contribution < -0.4 is 14.8 Å². The molecular formula is C11H14N2O6. The summed E-state index contributed by atoms with van der Waals surface area (Å²) in [4.78, 5) is 21.3. The molecule has 0 unspecified atom stereocenters. The van der Waals surface area contributed by atoms with Gasteiger partial charge in [-0.25, -0.2) is 0 Å². The van der Waals surface area contributed by atoms with Crippen LogP contribution in [-0.4, -0.2) is 36.7 Å². The van der Waals surface area contributed by atoms with Gasteiger partial charge in [-0.3, -0.25) is 14.9 Å². The number of aliphatic hydroxyl groups excluding tert-OH is 1. The first-order valence-corrected chi connectivity index (χ1v) is 5.33. The second-order valence-electron chi connectivity index (χ2n) is 3.51. The summed E-state index contributed by atoms with van der Waals surface area (Å²) in [5.74, 6) is -0.107. The van der Waals surface area contributed by atoms with Gasteiger partial charge in [0.25, 0.3) is 11.6 Å². The Balaban J connectivity index is 3.11. The first-order valence-electron chi connectivity index (χ1n) is 5.33. The second kappa shape index (κ2) is 6.55. The van der Waals surface area contributed by atoms with E-state index in [0.29, 0.717) is 0 Å². The van der Waals surface area contributed by atoms with Crippen molar-refractivity contribution in [1.82, 2.24) is 5.32 Å². The Bertz CT molecular complexity index is 488. The summed E-state index contributed by atoms with van der Waals surface area (Å²) >= 11 is 0. The number of aliphatic hydroxyl groups is 1. The molecule has 8 nitrogen and oxygen atoms in total. The summed E-state index contributed by atoms with van der Waals surface area (Å²) in [6.07, 6.45) is 0. The zero-order valence-corrected chi connectivity index (χ0v) is 10.5. The zero-order valence-electron chi connectivity index (χ0n) is 10.5. The number of amides is 1. The molecule has 0 aromatic heterocycles. The van der Waals surface area contributed by atoms with E-state index >= 15 is 0 Å². The number of benzene rings is 1. The van der Waals surface area contributed by atoms with Gasteiger partial charge in [0.15, 0.2) is 18.1 Å². The van der Waals surface area contributed by atoms with Crippen LogP contribution >= 0.6 is 0 Å². The van der Waals surface area contributed by atoms with Crippen LogP contribution in [0.4, 0.5) is 5.69 Å². The van der Waals surface area contributed by atoms with Crippen molar-refractivity contribution in [2.75, 3.05) is 20.8 Å². The van der Waals surface area contributed by atoms with Crippen molar-refractivity contribution in [3.05, 3.63) is 27.8 Å². The molecule has 1 amide bonds. The molecule has 0 aliphatic rings. The van der Waals surface area contributed by atoms with Crippen molar-refractivity contribution in [2.24, 2.45) is 0 Å². The van der Waals surface area contributed by atoms with Gasteiger partial charge < -0.3 is 19.9 Å². The van der Waals surface area contributed by atoms with Crippen LogP contribution in [0, 0.1) is 10.1 Å². The molecular weight excluding hydrogens is 256 g/mol. The summed E-state index contributed by atoms with van der Waals surface area (Å²) in [6, 6.07) is 2.42. The standard InChI is InChI=1S/C11H14N2O6/c1-12-11(15)6-19-10-4-8(13(16)17)7(5-14)3-9(10)18-2/h3-4,14H,5-6H2,1-2H3,(H,12,15). The summed E-state index contributed by atoms with van der Waals surface area (Å²) in [5.41, 5.74) is -0.190. The van der Waals surface area contributed by atoms with E-state index in [1.54, 1.807) is 0 Å². The third-order valence-electron chi connectivity index (χ3n) is 2.37. The third-order valence-corrected chi connectivity index (χ3v) is 2.37. The predicted molar refractivity (Wildman–Crippen MR) is 65.1 cm³/mol. The van der Waals surface area contributed by atoms with Gasteiger partial charge in [0.05, 0.1) is 30.3 Å². The molecule has 1 aromatic rings. The molecule has 0 aliphatic carbocycles. The topological polar surface area (TPSA) is 111 Å². The fraction of sp³-hybridized carbons (Fsp3) is 0.364. The van der Waals surface area contributed by atoms with Crippen molar-refractivity contribution in [3.63, 3.8) is 0 Å². The van der Waals surface area contributed by atoms with Crippen molar-refractivity contribution < 1.29 is 24.3 Å². The number of ether oxygens (including phenoxy) is 2. The number of hydrogen-bond acceptors (Lipinski definition) is 6. The quantitative estimate of drug-likeness (QED) is 0.565. The highest BCUT2D eigenvalue weighted by atomic mass is 16.6. The molecule has 0 spiro atoms. The van der Waals surface area contributed by atoms with Crippen LogP contribution in [0.1, 0.15) is 5.56 Å². The fourth-order valence-electron chi connectivity index (χ4n) is 1.38. The van der Waals surface area contributed by atoms with Crippen LogP contribution in [0.5, 0.6) is 11.5 Å². The minimum absolute atomic E-state index is 0.0648. The molecule has 0 saturated carbocycles. The number of likely N-dealkylation sites (N-methyl/N-ethyl adjacent to an activating group) is 1. The number of nitro benzene ring substituents is 1. The van der Waals surface area contributed by atoms with Gasteiger partial charge in [0, 0.05) is 7.05 Å². The van der Waals surface area contributed by atoms with Crippen LogP contribution in [0.15, 0.2) is 12.1 Å². The van der Waals surface area contributed by atoms with Crippen LogP contribution in [0.2, 0.25) is 0 Å². The van der Waals surface area contributed by atoms with Crippen LogP contribution in [0.25, 0.3) is 0 Å². The molecule has 0 bridgehead atoms. The number of rotatable bonds is 6. The van der Waals surface area contributed by atoms with Crippen LogP contribution in [-0.2, 0) is 11.4 Å². The number of carbonyl (C=O) groups is 1. The Kier molecular flexibility index (Phi) is 5.07. The lowest BCUT2D eigenvalue weighted by Gasteiger charge is -2.11. The Morgan fingerprint density at radius 3 is 2.63 bits per heavy atom. The van der Waals surface area contributed by atoms with Gasteiger partial charge in [-0.1, -0.05) is 0 Å². The normalized spacial score (nSPS) is 9.84. The maximum Gasteiger partial charge on any atom is 0.278 e. The first-order chi connectivity index (χ1) is 9.03. The van der Waals surface area contributed by atoms with Gasteiger partial charge in [-0.15, -0.1) is 0 Å². The highest BCUT2D eigenvalue weighted by Gasteiger charge is 2.19. The van der Waals surface area contributed by atoms with Gasteiger partial charge in [-0.05, 0) is 6.07 Å². The fourth-order valence-corrected chi connectivity index (χ4v) is 1.38. The lowest BCUT2D eigenvalue weighted by Crippen LogP contribution is -2.25. The highest BCUT2D eigenvalue weighted by molar-refractivity contribution is 5.77. The SMILES string of the molecule is CNC(=O)COc1cc([N+](=O)[O-])c(CO)cc1OC. The molecule has 0 atom stereocenters. The molecule has 0 radical (unpaired) electrons. The molecule has 19 heavy (non-hydrogen) atoms. The number of nitrogens with one attached hydrogen (secondary N) is 1. The molecule has 1 aromatic carbocycles. The van der Waals surface area contributed by atoms with E-state index in [1.807, 2.05) is 0 Å². The molecule has 8 heteroatoms. The van der Waals surface area contributed by atoms with Gasteiger partial charge >= 0.3 is 0 Å². The minimum atomic E-state index is -0.641. The molecule has 0 aliphatic heterocycles. The average molecular weight is 270 g/mol. The molecule has 0 saturated heterocycles. The molecule has 0 heterocycles. The van der Waals surface area contributed by atoms with E-state index in [-0.39, 0.29) is 35.3 Å². The largest absolute Gasteiger partial charge is 0.493 e. The summed E-state index contributed by atoms with van der Waals surface area (Å²) in [5, 5.41) is 22.3. The van der Waals surface area contributed by atoms with E-state index in [2.05, 4.69) is 5.32 Å². The van der Waals surface area contributed by atoms with Gasteiger partial charge in [0.1, 0.15) is 0 Å². The lowest BCUT2D eigenvalue weighted by atomic mass is 10.1. The summed E-state index contributed by atoms with van der Waals surface area (Å²) in [6.45, 7) is -0.787. The summed E-state index contributed by atoms with van der Waals surface area (Å²) < 4.78 is 10.1. The Morgan fingerprint density at radius 1 is 1.47 bits per heavy atom. The van der Waals surface area contributed by atoms with Gasteiger partial charge in [-0.2, -0.15) is 0 Å². The Hall–Kier alpha value is -2.35. The Labute approximate surface area is 109 Å². The van der Waals surface area contributed by atoms with E-state index in [0.717, 1.165) is 6.07 Å². The second-order valence-corrected chi connectivity index (χ2v) is 3.51. The van der Waals surface area contributed by atoms with Crippen molar-refractivity contribution in [3.8, 4) is 11.5 Å². The van der Waals surface area contributed by atoms with Gasteiger partial charge in [0.2, 0.25) is 0 Å². The predicted octanol–water partition coefficient (Wildman–Crippen LogP) is 0.220. The van der Waals surface area contributed by atoms with E-state index in [9.17, 15) is 14.9 Å². The number of nitrogens with zero attached hydrogens (tertiary/aromatic N) is 1. The average Bonchev–Trinajstić information content (AvgIpc) is 2.43. The monoisotopic (exact) mass is 270 g/mol. The first kappa shape index (κ1) is 14.7. The van der Waals surface area contributed by atoms with E-state index < -0.39 is 11.5 Å². The minimum Gasteiger partial charge on any atom is -0.493 e. The number of hydrogen-bond donors (Lipinski definition) is 2. The summed E-state index contributed by atoms with van der Waals surface area (Å²) in [7, 11) is 2.80. The molecule has 2 N–H and O–H groups in total. The van der Waals surface area contributed by atoms with Crippen molar-refractivity contribution in [1.29, 1.82) is 0 Å². The molecule has 104 valence electrons. The zero-order chi connectivity index (χ0) is 14.4. The smallest absolute Gasteiger partial charge is 0.278 e. The van der Waals surface area contributed by atoms with E-state index in [4.69, 9.17) is 14.6 Å². The van der Waals surface area contributed by atoms with Crippen molar-refractivity contribution in [2.45, 2.75) is 6.61 Å². The molecule has 1 rings (SSSR count). The third kappa shape index (κ3) is 3.55. The lowest BCUT2D eigenvalue weighted by molar-refractivity contribution is -0.385. The van der Waals surface area contributed by atoms with Crippen molar-refractivity contribution >= 4 is 11.6 Å². The number of methoxy groups -OCH3 is 1. The maximum absolute atomic E-state index is 11.1. The van der Waals surface area contributed by atoms with Crippen LogP contribution in [0.3, 0.4) is 0 Å². The number of carbonyl (C=O) groups excluding carboxylic acids is 1. The Morgan fingerprint density at radius 2 is 2.16 bits per heavy atom.